The number of nitrogens with zero attached hydrogens (tertiary/aromatic N) is 1. The van der Waals surface area contributed by atoms with Crippen molar-refractivity contribution in [3.8, 4) is 39.8 Å². The highest BCUT2D eigenvalue weighted by atomic mass is 16.5. The van der Waals surface area contributed by atoms with Crippen LogP contribution in [0.15, 0.2) is 77.2 Å². The normalized spacial score (nSPS) is 10.8. The maximum absolute atomic E-state index is 5.99. The van der Waals surface area contributed by atoms with Gasteiger partial charge in [-0.2, -0.15) is 0 Å². The van der Waals surface area contributed by atoms with E-state index in [1.165, 1.54) is 0 Å². The molecule has 0 atom stereocenters. The van der Waals surface area contributed by atoms with Crippen molar-refractivity contribution >= 4 is 0 Å². The molecular weight excluding hydrogens is 414 g/mol. The third-order valence-corrected chi connectivity index (χ3v) is 5.18. The van der Waals surface area contributed by atoms with Gasteiger partial charge in [0.05, 0.1) is 13.2 Å². The summed E-state index contributed by atoms with van der Waals surface area (Å²) in [5, 5.41) is 0. The fourth-order valence-corrected chi connectivity index (χ4v) is 3.51. The van der Waals surface area contributed by atoms with Crippen LogP contribution in [-0.2, 0) is 6.61 Å². The van der Waals surface area contributed by atoms with Crippen LogP contribution < -0.4 is 14.2 Å². The van der Waals surface area contributed by atoms with E-state index in [1.807, 2.05) is 86.6 Å². The Morgan fingerprint density at radius 1 is 0.788 bits per heavy atom. The minimum atomic E-state index is 0.339. The quantitative estimate of drug-likeness (QED) is 0.262. The predicted molar refractivity (Wildman–Crippen MR) is 130 cm³/mol. The first-order valence-corrected chi connectivity index (χ1v) is 11.3. The monoisotopic (exact) mass is 443 g/mol. The number of hydrogen-bond donors (Lipinski definition) is 0. The lowest BCUT2D eigenvalue weighted by Crippen LogP contribution is -2.01. The highest BCUT2D eigenvalue weighted by Crippen LogP contribution is 2.39. The van der Waals surface area contributed by atoms with Crippen molar-refractivity contribution in [1.29, 1.82) is 0 Å². The fraction of sp³-hybridized carbons (Fsp3) is 0.250. The van der Waals surface area contributed by atoms with Gasteiger partial charge in [-0.05, 0) is 56.2 Å². The summed E-state index contributed by atoms with van der Waals surface area (Å²) in [4.78, 5) is 4.60. The molecule has 0 bridgehead atoms. The molecule has 0 spiro atoms. The Labute approximate surface area is 195 Å². The molecule has 0 aliphatic rings. The Balaban J connectivity index is 1.48. The van der Waals surface area contributed by atoms with Gasteiger partial charge in [0.15, 0.2) is 11.5 Å². The summed E-state index contributed by atoms with van der Waals surface area (Å²) in [6.45, 7) is 7.54. The summed E-state index contributed by atoms with van der Waals surface area (Å²) in [5.74, 6) is 3.67. The number of aryl methyl sites for hydroxylation is 1. The number of ether oxygens (including phenoxy) is 3. The van der Waals surface area contributed by atoms with Crippen molar-refractivity contribution in [1.82, 2.24) is 4.98 Å². The average Bonchev–Trinajstić information content (AvgIpc) is 3.23. The lowest BCUT2D eigenvalue weighted by atomic mass is 10.0. The van der Waals surface area contributed by atoms with E-state index in [1.54, 1.807) is 0 Å². The second-order valence-electron chi connectivity index (χ2n) is 7.62. The molecule has 0 aliphatic heterocycles. The van der Waals surface area contributed by atoms with E-state index < -0.39 is 0 Å². The first-order chi connectivity index (χ1) is 16.2. The zero-order valence-corrected chi connectivity index (χ0v) is 19.3. The van der Waals surface area contributed by atoms with Crippen LogP contribution in [0.2, 0.25) is 0 Å². The number of benzene rings is 3. The molecule has 0 radical (unpaired) electrons. The number of oxazole rings is 1. The zero-order chi connectivity index (χ0) is 23.0. The third kappa shape index (κ3) is 5.37. The SMILES string of the molecule is CCCOc1cccc(-c2ccc(OCc3nc(-c4ccccc4)oc3C)cc2)c1OCC. The minimum Gasteiger partial charge on any atom is -0.490 e. The van der Waals surface area contributed by atoms with Crippen molar-refractivity contribution in [2.75, 3.05) is 13.2 Å². The van der Waals surface area contributed by atoms with Crippen LogP contribution in [0.25, 0.3) is 22.6 Å². The number of hydrogen-bond acceptors (Lipinski definition) is 5. The van der Waals surface area contributed by atoms with Crippen molar-refractivity contribution < 1.29 is 18.6 Å². The maximum Gasteiger partial charge on any atom is 0.226 e. The van der Waals surface area contributed by atoms with Crippen molar-refractivity contribution in [2.24, 2.45) is 0 Å². The standard InChI is InChI=1S/C28H29NO4/c1-4-18-31-26-13-9-12-24(27(26)30-5-2)21-14-16-23(17-15-21)32-19-25-20(3)33-28(29-25)22-10-7-6-8-11-22/h6-17H,4-5,18-19H2,1-3H3. The van der Waals surface area contributed by atoms with Gasteiger partial charge in [-0.1, -0.05) is 49.4 Å². The molecular formula is C28H29NO4. The van der Waals surface area contributed by atoms with Crippen LogP contribution in [0.1, 0.15) is 31.7 Å². The first-order valence-electron chi connectivity index (χ1n) is 11.3. The number of para-hydroxylation sites is 1. The molecule has 0 amide bonds. The van der Waals surface area contributed by atoms with Crippen LogP contribution in [0.5, 0.6) is 17.2 Å². The first kappa shape index (κ1) is 22.5. The molecule has 0 saturated heterocycles. The molecule has 3 aromatic carbocycles. The average molecular weight is 444 g/mol. The molecule has 0 unspecified atom stereocenters. The lowest BCUT2D eigenvalue weighted by Gasteiger charge is -2.16. The van der Waals surface area contributed by atoms with E-state index in [0.717, 1.165) is 51.8 Å². The molecule has 1 heterocycles. The summed E-state index contributed by atoms with van der Waals surface area (Å²) in [7, 11) is 0. The van der Waals surface area contributed by atoms with Crippen molar-refractivity contribution in [3.05, 3.63) is 84.3 Å². The minimum absolute atomic E-state index is 0.339. The molecule has 4 rings (SSSR count). The van der Waals surface area contributed by atoms with Crippen molar-refractivity contribution in [3.63, 3.8) is 0 Å². The highest BCUT2D eigenvalue weighted by Gasteiger charge is 2.14. The second kappa shape index (κ2) is 10.7. The number of aromatic nitrogens is 1. The Hall–Kier alpha value is -3.73. The molecule has 0 fully saturated rings. The van der Waals surface area contributed by atoms with E-state index in [9.17, 15) is 0 Å². The van der Waals surface area contributed by atoms with E-state index in [0.29, 0.717) is 25.7 Å². The van der Waals surface area contributed by atoms with Crippen LogP contribution in [0.3, 0.4) is 0 Å². The third-order valence-electron chi connectivity index (χ3n) is 5.18. The Morgan fingerprint density at radius 3 is 2.30 bits per heavy atom. The summed E-state index contributed by atoms with van der Waals surface area (Å²) in [6, 6.07) is 23.8. The summed E-state index contributed by atoms with van der Waals surface area (Å²) >= 11 is 0. The van der Waals surface area contributed by atoms with Gasteiger partial charge in [0.1, 0.15) is 23.8 Å². The van der Waals surface area contributed by atoms with E-state index >= 15 is 0 Å². The van der Waals surface area contributed by atoms with Gasteiger partial charge in [-0.25, -0.2) is 4.98 Å². The summed E-state index contributed by atoms with van der Waals surface area (Å²) in [5.41, 5.74) is 3.78. The summed E-state index contributed by atoms with van der Waals surface area (Å²) < 4.78 is 23.6. The summed E-state index contributed by atoms with van der Waals surface area (Å²) in [6.07, 6.45) is 0.944. The highest BCUT2D eigenvalue weighted by molar-refractivity contribution is 5.74. The second-order valence-corrected chi connectivity index (χ2v) is 7.62. The topological polar surface area (TPSA) is 53.7 Å². The molecule has 170 valence electrons. The van der Waals surface area contributed by atoms with Gasteiger partial charge in [-0.3, -0.25) is 0 Å². The molecule has 1 aromatic heterocycles. The van der Waals surface area contributed by atoms with Gasteiger partial charge in [0.25, 0.3) is 0 Å². The van der Waals surface area contributed by atoms with Crippen LogP contribution in [0.4, 0.5) is 0 Å². The molecule has 0 aliphatic carbocycles. The van der Waals surface area contributed by atoms with E-state index in [2.05, 4.69) is 11.9 Å². The molecule has 0 N–H and O–H groups in total. The van der Waals surface area contributed by atoms with Crippen LogP contribution in [-0.4, -0.2) is 18.2 Å². The lowest BCUT2D eigenvalue weighted by molar-refractivity contribution is 0.278. The van der Waals surface area contributed by atoms with E-state index in [4.69, 9.17) is 18.6 Å². The van der Waals surface area contributed by atoms with Gasteiger partial charge < -0.3 is 18.6 Å². The largest absolute Gasteiger partial charge is 0.490 e. The van der Waals surface area contributed by atoms with Crippen molar-refractivity contribution in [2.45, 2.75) is 33.8 Å². The van der Waals surface area contributed by atoms with Gasteiger partial charge in [0.2, 0.25) is 5.89 Å². The van der Waals surface area contributed by atoms with Crippen LogP contribution in [0, 0.1) is 6.92 Å². The molecule has 5 heteroatoms. The van der Waals surface area contributed by atoms with Gasteiger partial charge >= 0.3 is 0 Å². The van der Waals surface area contributed by atoms with Crippen LogP contribution >= 0.6 is 0 Å². The molecule has 0 saturated carbocycles. The molecule has 33 heavy (non-hydrogen) atoms. The van der Waals surface area contributed by atoms with E-state index in [-0.39, 0.29) is 0 Å². The number of rotatable bonds is 10. The Kier molecular flexibility index (Phi) is 7.30. The smallest absolute Gasteiger partial charge is 0.226 e. The fourth-order valence-electron chi connectivity index (χ4n) is 3.51. The van der Waals surface area contributed by atoms with Gasteiger partial charge in [0, 0.05) is 11.1 Å². The van der Waals surface area contributed by atoms with Gasteiger partial charge in [-0.15, -0.1) is 0 Å². The Bertz CT molecular complexity index is 1170. The predicted octanol–water partition coefficient (Wildman–Crippen LogP) is 7.08. The Morgan fingerprint density at radius 2 is 1.58 bits per heavy atom. The maximum atomic E-state index is 5.99. The zero-order valence-electron chi connectivity index (χ0n) is 19.3. The molecule has 5 nitrogen and oxygen atoms in total. The molecule has 4 aromatic rings.